The number of hydrogen-bond acceptors (Lipinski definition) is 6. The summed E-state index contributed by atoms with van der Waals surface area (Å²) in [6.07, 6.45) is 6.74. The molecule has 32 heavy (non-hydrogen) atoms. The average molecular weight is 424 g/mol. The van der Waals surface area contributed by atoms with E-state index in [1.807, 2.05) is 26.0 Å². The summed E-state index contributed by atoms with van der Waals surface area (Å²) in [5.74, 6) is -0.975. The second-order valence-electron chi connectivity index (χ2n) is 7.71. The van der Waals surface area contributed by atoms with Crippen LogP contribution in [0.15, 0.2) is 71.8 Å². The van der Waals surface area contributed by atoms with Gasteiger partial charge in [-0.1, -0.05) is 18.2 Å². The van der Waals surface area contributed by atoms with Crippen LogP contribution in [-0.4, -0.2) is 26.0 Å². The van der Waals surface area contributed by atoms with Crippen LogP contribution < -0.4 is 5.32 Å². The Hall–Kier alpha value is -4.26. The Morgan fingerprint density at radius 3 is 2.66 bits per heavy atom. The van der Waals surface area contributed by atoms with Gasteiger partial charge in [0.15, 0.2) is 5.58 Å². The van der Waals surface area contributed by atoms with Crippen LogP contribution >= 0.6 is 0 Å². The molecular formula is C25H20N4O3. The molecule has 0 fully saturated rings. The predicted octanol–water partition coefficient (Wildman–Crippen LogP) is 5.62. The van der Waals surface area contributed by atoms with Crippen LogP contribution in [0.5, 0.6) is 0 Å². The fourth-order valence-corrected chi connectivity index (χ4v) is 4.03. The minimum atomic E-state index is -0.975. The first-order valence-corrected chi connectivity index (χ1v) is 10.2. The maximum atomic E-state index is 11.6. The zero-order valence-corrected chi connectivity index (χ0v) is 17.5. The molecule has 0 aliphatic rings. The second kappa shape index (κ2) is 7.77. The third-order valence-corrected chi connectivity index (χ3v) is 5.49. The summed E-state index contributed by atoms with van der Waals surface area (Å²) >= 11 is 0. The standard InChI is InChI=1S/C25H20N4O3/c1-14-9-19(15(2)29-21-6-4-3-5-18(21)25(30)31)23-20(10-14)22-24(32-23)17(7-8-28-22)16-11-26-13-27-12-16/h3-13,15,29H,1-2H3,(H,30,31)/t15-/m1/s1. The number of fused-ring (bicyclic) bond motifs is 3. The first-order chi connectivity index (χ1) is 15.5. The van der Waals surface area contributed by atoms with Crippen molar-refractivity contribution >= 4 is 33.7 Å². The zero-order chi connectivity index (χ0) is 22.2. The first kappa shape index (κ1) is 19.7. The van der Waals surface area contributed by atoms with Gasteiger partial charge in [-0.2, -0.15) is 0 Å². The number of furan rings is 1. The van der Waals surface area contributed by atoms with Gasteiger partial charge in [0, 0.05) is 46.4 Å². The summed E-state index contributed by atoms with van der Waals surface area (Å²) in [4.78, 5) is 24.4. The number of carbonyl (C=O) groups is 1. The predicted molar refractivity (Wildman–Crippen MR) is 123 cm³/mol. The fraction of sp³-hybridized carbons (Fsp3) is 0.120. The summed E-state index contributed by atoms with van der Waals surface area (Å²) in [6, 6.07) is 12.7. The van der Waals surface area contributed by atoms with E-state index in [2.05, 4.69) is 32.4 Å². The lowest BCUT2D eigenvalue weighted by atomic mass is 10.0. The van der Waals surface area contributed by atoms with E-state index < -0.39 is 5.97 Å². The van der Waals surface area contributed by atoms with Crippen molar-refractivity contribution in [2.75, 3.05) is 5.32 Å². The van der Waals surface area contributed by atoms with Crippen molar-refractivity contribution < 1.29 is 14.3 Å². The molecule has 3 aromatic heterocycles. The molecule has 0 spiro atoms. The van der Waals surface area contributed by atoms with Crippen molar-refractivity contribution in [1.29, 1.82) is 0 Å². The summed E-state index contributed by atoms with van der Waals surface area (Å²) < 4.78 is 6.39. The maximum Gasteiger partial charge on any atom is 0.337 e. The molecule has 7 nitrogen and oxygen atoms in total. The van der Waals surface area contributed by atoms with Crippen molar-refractivity contribution in [1.82, 2.24) is 15.0 Å². The highest BCUT2D eigenvalue weighted by molar-refractivity contribution is 6.08. The zero-order valence-electron chi connectivity index (χ0n) is 17.5. The topological polar surface area (TPSA) is 101 Å². The van der Waals surface area contributed by atoms with Gasteiger partial charge in [-0.3, -0.25) is 4.98 Å². The molecule has 0 unspecified atom stereocenters. The molecule has 2 N–H and O–H groups in total. The molecule has 0 amide bonds. The number of aromatic nitrogens is 3. The molecule has 0 radical (unpaired) electrons. The number of pyridine rings is 1. The summed E-state index contributed by atoms with van der Waals surface area (Å²) in [7, 11) is 0. The highest BCUT2D eigenvalue weighted by atomic mass is 16.4. The Morgan fingerprint density at radius 1 is 1.09 bits per heavy atom. The normalized spacial score (nSPS) is 12.2. The largest absolute Gasteiger partial charge is 0.478 e. The fourth-order valence-electron chi connectivity index (χ4n) is 4.03. The van der Waals surface area contributed by atoms with Gasteiger partial charge in [-0.05, 0) is 43.7 Å². The Kier molecular flexibility index (Phi) is 4.78. The monoisotopic (exact) mass is 424 g/mol. The van der Waals surface area contributed by atoms with Crippen LogP contribution in [0, 0.1) is 6.92 Å². The summed E-state index contributed by atoms with van der Waals surface area (Å²) in [6.45, 7) is 4.01. The van der Waals surface area contributed by atoms with E-state index in [-0.39, 0.29) is 11.6 Å². The number of rotatable bonds is 5. The molecule has 0 bridgehead atoms. The van der Waals surface area contributed by atoms with Crippen molar-refractivity contribution in [2.24, 2.45) is 0 Å². The van der Waals surface area contributed by atoms with Crippen molar-refractivity contribution in [3.05, 3.63) is 84.1 Å². The SMILES string of the molecule is Cc1cc([C@@H](C)Nc2ccccc2C(=O)O)c2oc3c(-c4cncnc4)ccnc3c2c1. The lowest BCUT2D eigenvalue weighted by molar-refractivity contribution is 0.0698. The minimum Gasteiger partial charge on any atom is -0.478 e. The third kappa shape index (κ3) is 3.33. The van der Waals surface area contributed by atoms with E-state index in [0.29, 0.717) is 11.3 Å². The van der Waals surface area contributed by atoms with E-state index in [0.717, 1.165) is 38.7 Å². The summed E-state index contributed by atoms with van der Waals surface area (Å²) in [5, 5.41) is 13.8. The Bertz CT molecular complexity index is 1460. The number of anilines is 1. The molecule has 0 saturated heterocycles. The number of nitrogens with one attached hydrogen (secondary N) is 1. The van der Waals surface area contributed by atoms with Crippen LogP contribution in [0.4, 0.5) is 5.69 Å². The average Bonchev–Trinajstić information content (AvgIpc) is 3.18. The van der Waals surface area contributed by atoms with E-state index in [4.69, 9.17) is 4.42 Å². The first-order valence-electron chi connectivity index (χ1n) is 10.2. The Labute approximate surface area is 183 Å². The number of aryl methyl sites for hydroxylation is 1. The molecule has 1 atom stereocenters. The molecule has 2 aromatic carbocycles. The highest BCUT2D eigenvalue weighted by Gasteiger charge is 2.20. The minimum absolute atomic E-state index is 0.207. The van der Waals surface area contributed by atoms with Gasteiger partial charge < -0.3 is 14.8 Å². The van der Waals surface area contributed by atoms with E-state index >= 15 is 0 Å². The van der Waals surface area contributed by atoms with Crippen LogP contribution in [0.25, 0.3) is 33.2 Å². The molecular weight excluding hydrogens is 404 g/mol. The number of carboxylic acids is 1. The molecule has 158 valence electrons. The number of nitrogens with zero attached hydrogens (tertiary/aromatic N) is 3. The number of carboxylic acid groups (broad SMARTS) is 1. The van der Waals surface area contributed by atoms with Gasteiger partial charge in [-0.15, -0.1) is 0 Å². The number of para-hydroxylation sites is 1. The summed E-state index contributed by atoms with van der Waals surface area (Å²) in [5.41, 5.74) is 6.63. The lowest BCUT2D eigenvalue weighted by Crippen LogP contribution is -2.11. The lowest BCUT2D eigenvalue weighted by Gasteiger charge is -2.18. The smallest absolute Gasteiger partial charge is 0.337 e. The van der Waals surface area contributed by atoms with Gasteiger partial charge in [0.05, 0.1) is 11.6 Å². The molecule has 5 rings (SSSR count). The van der Waals surface area contributed by atoms with E-state index in [1.54, 1.807) is 36.8 Å². The van der Waals surface area contributed by atoms with Crippen molar-refractivity contribution in [2.45, 2.75) is 19.9 Å². The molecule has 3 heterocycles. The van der Waals surface area contributed by atoms with Gasteiger partial charge in [0.2, 0.25) is 0 Å². The van der Waals surface area contributed by atoms with Gasteiger partial charge in [0.1, 0.15) is 17.4 Å². The number of aromatic carboxylic acids is 1. The molecule has 5 aromatic rings. The van der Waals surface area contributed by atoms with Gasteiger partial charge in [0.25, 0.3) is 0 Å². The van der Waals surface area contributed by atoms with Gasteiger partial charge >= 0.3 is 5.97 Å². The van der Waals surface area contributed by atoms with Crippen molar-refractivity contribution in [3.8, 4) is 11.1 Å². The Morgan fingerprint density at radius 2 is 1.88 bits per heavy atom. The second-order valence-corrected chi connectivity index (χ2v) is 7.71. The van der Waals surface area contributed by atoms with E-state index in [1.165, 1.54) is 6.33 Å². The van der Waals surface area contributed by atoms with Crippen LogP contribution in [0.1, 0.15) is 34.5 Å². The third-order valence-electron chi connectivity index (χ3n) is 5.49. The quantitative estimate of drug-likeness (QED) is 0.378. The molecule has 0 aliphatic carbocycles. The van der Waals surface area contributed by atoms with Crippen LogP contribution in [0.3, 0.4) is 0 Å². The van der Waals surface area contributed by atoms with Crippen LogP contribution in [-0.2, 0) is 0 Å². The molecule has 0 saturated carbocycles. The number of hydrogen-bond donors (Lipinski definition) is 2. The molecule has 0 aliphatic heterocycles. The maximum absolute atomic E-state index is 11.6. The highest BCUT2D eigenvalue weighted by Crippen LogP contribution is 2.38. The van der Waals surface area contributed by atoms with Gasteiger partial charge in [-0.25, -0.2) is 14.8 Å². The Balaban J connectivity index is 1.67. The number of benzene rings is 2. The van der Waals surface area contributed by atoms with E-state index in [9.17, 15) is 9.90 Å². The van der Waals surface area contributed by atoms with Crippen molar-refractivity contribution in [3.63, 3.8) is 0 Å². The van der Waals surface area contributed by atoms with Crippen LogP contribution in [0.2, 0.25) is 0 Å². The molecule has 7 heteroatoms.